The molecular weight excluding hydrogens is 170 g/mol. The second kappa shape index (κ2) is 2.91. The highest BCUT2D eigenvalue weighted by atomic mass is 16.2. The van der Waals surface area contributed by atoms with E-state index in [1.165, 1.54) is 5.01 Å². The molecule has 0 spiro atoms. The van der Waals surface area contributed by atoms with Gasteiger partial charge in [0, 0.05) is 6.04 Å². The second-order valence-electron chi connectivity index (χ2n) is 3.63. The molecule has 2 heterocycles. The lowest BCUT2D eigenvalue weighted by molar-refractivity contribution is -0.145. The fourth-order valence-corrected chi connectivity index (χ4v) is 1.65. The minimum Gasteiger partial charge on any atom is -0.302 e. The molecule has 6 nitrogen and oxygen atoms in total. The van der Waals surface area contributed by atoms with Gasteiger partial charge in [0.2, 0.25) is 5.91 Å². The molecule has 2 aliphatic heterocycles. The van der Waals surface area contributed by atoms with Crippen LogP contribution >= 0.6 is 0 Å². The van der Waals surface area contributed by atoms with Gasteiger partial charge in [-0.15, -0.1) is 0 Å². The number of nitrogens with one attached hydrogen (secondary N) is 3. The number of hydrogen-bond donors (Lipinski definition) is 4. The van der Waals surface area contributed by atoms with Gasteiger partial charge in [-0.1, -0.05) is 6.92 Å². The third-order valence-electron chi connectivity index (χ3n) is 2.67. The average Bonchev–Trinajstić information content (AvgIpc) is 2.42. The zero-order chi connectivity index (χ0) is 9.59. The van der Waals surface area contributed by atoms with Crippen molar-refractivity contribution in [2.75, 3.05) is 0 Å². The molecule has 6 heteroatoms. The molecule has 13 heavy (non-hydrogen) atoms. The average molecular weight is 185 g/mol. The highest BCUT2D eigenvalue weighted by Gasteiger charge is 2.41. The molecule has 0 aromatic heterocycles. The summed E-state index contributed by atoms with van der Waals surface area (Å²) in [5.41, 5.74) is 8.44. The van der Waals surface area contributed by atoms with Crippen molar-refractivity contribution in [2.24, 2.45) is 11.7 Å². The van der Waals surface area contributed by atoms with Gasteiger partial charge in [-0.2, -0.15) is 5.43 Å². The fraction of sp³-hybridized carbons (Fsp3) is 0.857. The van der Waals surface area contributed by atoms with Crippen molar-refractivity contribution >= 4 is 5.91 Å². The first-order valence-electron chi connectivity index (χ1n) is 4.46. The van der Waals surface area contributed by atoms with Crippen LogP contribution in [0, 0.1) is 5.92 Å². The summed E-state index contributed by atoms with van der Waals surface area (Å²) in [7, 11) is 0. The molecule has 1 amide bonds. The summed E-state index contributed by atoms with van der Waals surface area (Å²) in [6.45, 7) is 3.90. The van der Waals surface area contributed by atoms with E-state index in [0.29, 0.717) is 0 Å². The largest absolute Gasteiger partial charge is 0.302 e. The molecule has 0 aromatic rings. The highest BCUT2D eigenvalue weighted by Crippen LogP contribution is 2.16. The number of nitrogens with zero attached hydrogens (tertiary/aromatic N) is 1. The number of carbonyl (C=O) groups excluding carboxylic acids is 1. The third kappa shape index (κ3) is 1.31. The highest BCUT2D eigenvalue weighted by molar-refractivity contribution is 5.80. The van der Waals surface area contributed by atoms with E-state index in [9.17, 15) is 4.79 Å². The van der Waals surface area contributed by atoms with Gasteiger partial charge in [-0.3, -0.25) is 15.4 Å². The Morgan fingerprint density at radius 1 is 1.38 bits per heavy atom. The molecule has 0 saturated carbocycles. The fourth-order valence-electron chi connectivity index (χ4n) is 1.65. The molecule has 2 fully saturated rings. The molecule has 0 aromatic carbocycles. The van der Waals surface area contributed by atoms with Crippen molar-refractivity contribution in [1.29, 1.82) is 0 Å². The second-order valence-corrected chi connectivity index (χ2v) is 3.63. The minimum absolute atomic E-state index is 0.0177. The molecule has 0 radical (unpaired) electrons. The Bertz CT molecular complexity index is 233. The normalized spacial score (nSPS) is 45.2. The van der Waals surface area contributed by atoms with Crippen LogP contribution in [0.15, 0.2) is 0 Å². The van der Waals surface area contributed by atoms with Crippen molar-refractivity contribution in [3.8, 4) is 0 Å². The zero-order valence-electron chi connectivity index (χ0n) is 7.74. The molecular formula is C7H15N5O. The maximum absolute atomic E-state index is 11.7. The Balaban J connectivity index is 2.15. The number of amides is 1. The van der Waals surface area contributed by atoms with E-state index in [1.54, 1.807) is 0 Å². The van der Waals surface area contributed by atoms with Crippen molar-refractivity contribution in [3.05, 3.63) is 0 Å². The van der Waals surface area contributed by atoms with E-state index in [4.69, 9.17) is 5.73 Å². The van der Waals surface area contributed by atoms with E-state index < -0.39 is 0 Å². The van der Waals surface area contributed by atoms with Gasteiger partial charge in [-0.05, 0) is 6.92 Å². The molecule has 0 aliphatic carbocycles. The van der Waals surface area contributed by atoms with Crippen LogP contribution in [0.1, 0.15) is 13.8 Å². The number of rotatable bonds is 0. The molecule has 2 saturated heterocycles. The number of carbonyl (C=O) groups is 1. The molecule has 4 atom stereocenters. The van der Waals surface area contributed by atoms with Gasteiger partial charge in [-0.25, -0.2) is 5.01 Å². The maximum atomic E-state index is 11.7. The first-order chi connectivity index (χ1) is 6.09. The van der Waals surface area contributed by atoms with E-state index in [-0.39, 0.29) is 30.4 Å². The first kappa shape index (κ1) is 8.89. The van der Waals surface area contributed by atoms with Gasteiger partial charge < -0.3 is 5.73 Å². The van der Waals surface area contributed by atoms with Crippen molar-refractivity contribution in [3.63, 3.8) is 0 Å². The van der Waals surface area contributed by atoms with E-state index >= 15 is 0 Å². The SMILES string of the molecule is CC1NC2NC(N)NN2C(=O)C1C. The predicted octanol–water partition coefficient (Wildman–Crippen LogP) is -1.92. The summed E-state index contributed by atoms with van der Waals surface area (Å²) in [5, 5.41) is 7.76. The number of hydrazine groups is 1. The summed E-state index contributed by atoms with van der Waals surface area (Å²) in [6.07, 6.45) is -0.521. The molecule has 0 bridgehead atoms. The van der Waals surface area contributed by atoms with Crippen molar-refractivity contribution in [2.45, 2.75) is 32.5 Å². The summed E-state index contributed by atoms with van der Waals surface area (Å²) in [4.78, 5) is 11.7. The Labute approximate surface area is 76.8 Å². The Morgan fingerprint density at radius 2 is 2.08 bits per heavy atom. The molecule has 4 unspecified atom stereocenters. The smallest absolute Gasteiger partial charge is 0.243 e. The number of nitrogens with two attached hydrogens (primary N) is 1. The first-order valence-corrected chi connectivity index (χ1v) is 4.46. The van der Waals surface area contributed by atoms with Crippen molar-refractivity contribution in [1.82, 2.24) is 21.1 Å². The van der Waals surface area contributed by atoms with Crippen LogP contribution in [0.5, 0.6) is 0 Å². The zero-order valence-corrected chi connectivity index (χ0v) is 7.74. The molecule has 5 N–H and O–H groups in total. The van der Waals surface area contributed by atoms with Crippen LogP contribution in [-0.4, -0.2) is 29.5 Å². The molecule has 74 valence electrons. The number of hydrogen-bond acceptors (Lipinski definition) is 5. The lowest BCUT2D eigenvalue weighted by Crippen LogP contribution is -2.63. The van der Waals surface area contributed by atoms with Gasteiger partial charge in [0.25, 0.3) is 0 Å². The van der Waals surface area contributed by atoms with Crippen LogP contribution in [-0.2, 0) is 4.79 Å². The lowest BCUT2D eigenvalue weighted by atomic mass is 10.0. The number of fused-ring (bicyclic) bond motifs is 1. The monoisotopic (exact) mass is 185 g/mol. The van der Waals surface area contributed by atoms with Crippen LogP contribution in [0.25, 0.3) is 0 Å². The quantitative estimate of drug-likeness (QED) is 0.353. The van der Waals surface area contributed by atoms with Crippen LogP contribution < -0.4 is 21.8 Å². The lowest BCUT2D eigenvalue weighted by Gasteiger charge is -2.36. The maximum Gasteiger partial charge on any atom is 0.243 e. The summed E-state index contributed by atoms with van der Waals surface area (Å²) >= 11 is 0. The third-order valence-corrected chi connectivity index (χ3v) is 2.67. The molecule has 2 aliphatic rings. The van der Waals surface area contributed by atoms with Crippen LogP contribution in [0.3, 0.4) is 0 Å². The van der Waals surface area contributed by atoms with Gasteiger partial charge in [0.15, 0.2) is 6.29 Å². The topological polar surface area (TPSA) is 82.4 Å². The summed E-state index contributed by atoms with van der Waals surface area (Å²) in [5.74, 6) is 0.0625. The van der Waals surface area contributed by atoms with E-state index in [2.05, 4.69) is 16.1 Å². The summed E-state index contributed by atoms with van der Waals surface area (Å²) in [6, 6.07) is 0.174. The van der Waals surface area contributed by atoms with Crippen LogP contribution in [0.4, 0.5) is 0 Å². The van der Waals surface area contributed by atoms with Gasteiger partial charge >= 0.3 is 0 Å². The Kier molecular flexibility index (Phi) is 1.99. The standard InChI is InChI=1S/C7H15N5O/c1-3-4(2)9-7-10-6(8)11-12(7)5(3)13/h3-4,6-7,9-11H,8H2,1-2H3. The van der Waals surface area contributed by atoms with E-state index in [1.807, 2.05) is 13.8 Å². The summed E-state index contributed by atoms with van der Waals surface area (Å²) < 4.78 is 0. The Morgan fingerprint density at radius 3 is 2.77 bits per heavy atom. The Hall–Kier alpha value is -0.690. The van der Waals surface area contributed by atoms with Gasteiger partial charge in [0.1, 0.15) is 6.29 Å². The predicted molar refractivity (Wildman–Crippen MR) is 46.6 cm³/mol. The van der Waals surface area contributed by atoms with Gasteiger partial charge in [0.05, 0.1) is 5.92 Å². The van der Waals surface area contributed by atoms with Crippen LogP contribution in [0.2, 0.25) is 0 Å². The van der Waals surface area contributed by atoms with Crippen molar-refractivity contribution < 1.29 is 4.79 Å². The van der Waals surface area contributed by atoms with E-state index in [0.717, 1.165) is 0 Å². The molecule has 2 rings (SSSR count). The minimum atomic E-state index is -0.348.